The smallest absolute Gasteiger partial charge is 0.267 e. The van der Waals surface area contributed by atoms with Gasteiger partial charge >= 0.3 is 0 Å². The lowest BCUT2D eigenvalue weighted by molar-refractivity contribution is -0.122. The number of pyridine rings is 1. The Hall–Kier alpha value is -2.95. The Morgan fingerprint density at radius 3 is 2.70 bits per heavy atom. The van der Waals surface area contributed by atoms with Crippen molar-refractivity contribution in [3.8, 4) is 0 Å². The van der Waals surface area contributed by atoms with Crippen LogP contribution >= 0.6 is 24.0 Å². The molecule has 2 fully saturated rings. The summed E-state index contributed by atoms with van der Waals surface area (Å²) in [5, 5.41) is 0. The van der Waals surface area contributed by atoms with E-state index in [4.69, 9.17) is 26.4 Å². The Bertz CT molecular complexity index is 1310. The molecule has 3 aromatic heterocycles. The predicted octanol–water partition coefficient (Wildman–Crippen LogP) is 3.30. The zero-order chi connectivity index (χ0) is 23.1. The summed E-state index contributed by atoms with van der Waals surface area (Å²) >= 11 is 6.62. The van der Waals surface area contributed by atoms with Gasteiger partial charge < -0.3 is 14.1 Å². The molecule has 2 saturated heterocycles. The van der Waals surface area contributed by atoms with Crippen LogP contribution in [0.15, 0.2) is 56.9 Å². The number of hydrogen-bond donors (Lipinski definition) is 0. The average Bonchev–Trinajstić information content (AvgIpc) is 3.39. The Kier molecular flexibility index (Phi) is 5.81. The van der Waals surface area contributed by atoms with E-state index >= 15 is 0 Å². The van der Waals surface area contributed by atoms with Gasteiger partial charge in [-0.1, -0.05) is 30.0 Å². The lowest BCUT2D eigenvalue weighted by atomic mass is 10.2. The molecule has 5 heterocycles. The van der Waals surface area contributed by atoms with Gasteiger partial charge in [-0.3, -0.25) is 18.9 Å². The van der Waals surface area contributed by atoms with Crippen molar-refractivity contribution in [2.45, 2.75) is 32.6 Å². The zero-order valence-corrected chi connectivity index (χ0v) is 19.8. The standard InChI is InChI=1S/C23H22N4O4S2/c1-14-11-25(12-15(2)31-14)20-17(21(28)26-8-4-3-7-19(26)24-20)10-18-22(29)27(23(32)33-18)13-16-6-5-9-30-16/h3-10,14-15H,11-13H2,1-2H3/b18-10-/t14-,15-/m1/s1. The minimum Gasteiger partial charge on any atom is -0.467 e. The minimum absolute atomic E-state index is 0.0101. The molecule has 2 aliphatic rings. The fourth-order valence-electron chi connectivity index (χ4n) is 4.14. The van der Waals surface area contributed by atoms with Crippen LogP contribution in [0.3, 0.4) is 0 Å². The monoisotopic (exact) mass is 482 g/mol. The number of thiocarbonyl (C=S) groups is 1. The largest absolute Gasteiger partial charge is 0.467 e. The van der Waals surface area contributed by atoms with Crippen molar-refractivity contribution in [1.29, 1.82) is 0 Å². The third-order valence-electron chi connectivity index (χ3n) is 5.51. The molecule has 0 radical (unpaired) electrons. The van der Waals surface area contributed by atoms with Gasteiger partial charge in [-0.15, -0.1) is 0 Å². The normalized spacial score (nSPS) is 22.7. The number of hydrogen-bond acceptors (Lipinski definition) is 8. The van der Waals surface area contributed by atoms with Crippen molar-refractivity contribution in [3.05, 3.63) is 69.4 Å². The van der Waals surface area contributed by atoms with Crippen molar-refractivity contribution in [2.75, 3.05) is 18.0 Å². The molecule has 33 heavy (non-hydrogen) atoms. The number of morpholine rings is 1. The van der Waals surface area contributed by atoms with Gasteiger partial charge in [0.25, 0.3) is 11.5 Å². The van der Waals surface area contributed by atoms with Gasteiger partial charge in [0.15, 0.2) is 0 Å². The highest BCUT2D eigenvalue weighted by Crippen LogP contribution is 2.34. The van der Waals surface area contributed by atoms with Gasteiger partial charge in [0.05, 0.1) is 35.5 Å². The number of ether oxygens (including phenoxy) is 1. The van der Waals surface area contributed by atoms with Crippen LogP contribution in [0.1, 0.15) is 25.2 Å². The summed E-state index contributed by atoms with van der Waals surface area (Å²) < 4.78 is 13.1. The van der Waals surface area contributed by atoms with Gasteiger partial charge in [0.2, 0.25) is 0 Å². The maximum Gasteiger partial charge on any atom is 0.267 e. The summed E-state index contributed by atoms with van der Waals surface area (Å²) in [4.78, 5) is 35.4. The first-order chi connectivity index (χ1) is 15.9. The van der Waals surface area contributed by atoms with Crippen molar-refractivity contribution in [2.24, 2.45) is 0 Å². The summed E-state index contributed by atoms with van der Waals surface area (Å²) in [5.41, 5.74) is 0.670. The molecule has 0 saturated carbocycles. The van der Waals surface area contributed by atoms with Crippen LogP contribution in [0.4, 0.5) is 5.82 Å². The third-order valence-corrected chi connectivity index (χ3v) is 6.89. The molecule has 0 unspecified atom stereocenters. The fourth-order valence-corrected chi connectivity index (χ4v) is 5.37. The van der Waals surface area contributed by atoms with Crippen molar-refractivity contribution in [1.82, 2.24) is 14.3 Å². The summed E-state index contributed by atoms with van der Waals surface area (Å²) in [6.07, 6.45) is 4.84. The highest BCUT2D eigenvalue weighted by molar-refractivity contribution is 8.26. The second-order valence-electron chi connectivity index (χ2n) is 8.09. The van der Waals surface area contributed by atoms with E-state index in [9.17, 15) is 9.59 Å². The second kappa shape index (κ2) is 8.77. The van der Waals surface area contributed by atoms with E-state index in [0.717, 1.165) is 0 Å². The first-order valence-electron chi connectivity index (χ1n) is 10.6. The Morgan fingerprint density at radius 1 is 1.18 bits per heavy atom. The topological polar surface area (TPSA) is 80.3 Å². The number of nitrogens with zero attached hydrogens (tertiary/aromatic N) is 4. The van der Waals surface area contributed by atoms with Crippen LogP contribution in [-0.4, -0.2) is 49.8 Å². The van der Waals surface area contributed by atoms with Crippen molar-refractivity contribution in [3.63, 3.8) is 0 Å². The van der Waals surface area contributed by atoms with Crippen LogP contribution in [0.2, 0.25) is 0 Å². The number of amides is 1. The first kappa shape index (κ1) is 21.9. The maximum atomic E-state index is 13.5. The lowest BCUT2D eigenvalue weighted by Crippen LogP contribution is -2.46. The molecular formula is C23H22N4O4S2. The van der Waals surface area contributed by atoms with Crippen LogP contribution in [0, 0.1) is 0 Å². The number of carbonyl (C=O) groups is 1. The van der Waals surface area contributed by atoms with Crippen molar-refractivity contribution < 1.29 is 13.9 Å². The second-order valence-corrected chi connectivity index (χ2v) is 9.77. The summed E-state index contributed by atoms with van der Waals surface area (Å²) in [6.45, 7) is 5.43. The summed E-state index contributed by atoms with van der Waals surface area (Å²) in [6, 6.07) is 8.98. The molecule has 2 aliphatic heterocycles. The van der Waals surface area contributed by atoms with Gasteiger partial charge in [-0.05, 0) is 44.2 Å². The number of fused-ring (bicyclic) bond motifs is 1. The molecule has 3 aromatic rings. The van der Waals surface area contributed by atoms with Gasteiger partial charge in [-0.2, -0.15) is 0 Å². The van der Waals surface area contributed by atoms with Crippen LogP contribution in [0.5, 0.6) is 0 Å². The quantitative estimate of drug-likeness (QED) is 0.414. The summed E-state index contributed by atoms with van der Waals surface area (Å²) in [7, 11) is 0. The third kappa shape index (κ3) is 4.21. The minimum atomic E-state index is -0.256. The molecule has 5 rings (SSSR count). The predicted molar refractivity (Wildman–Crippen MR) is 131 cm³/mol. The molecule has 0 aliphatic carbocycles. The molecule has 2 atom stereocenters. The number of anilines is 1. The number of aromatic nitrogens is 2. The molecular weight excluding hydrogens is 460 g/mol. The molecule has 0 spiro atoms. The Morgan fingerprint density at radius 2 is 1.97 bits per heavy atom. The van der Waals surface area contributed by atoms with E-state index in [-0.39, 0.29) is 30.2 Å². The van der Waals surface area contributed by atoms with Gasteiger partial charge in [-0.25, -0.2) is 4.98 Å². The summed E-state index contributed by atoms with van der Waals surface area (Å²) in [5.74, 6) is 0.926. The number of thioether (sulfide) groups is 1. The molecule has 0 bridgehead atoms. The Balaban J connectivity index is 1.59. The Labute approximate surface area is 199 Å². The first-order valence-corrected chi connectivity index (χ1v) is 11.8. The van der Waals surface area contributed by atoms with E-state index in [1.165, 1.54) is 21.1 Å². The number of furan rings is 1. The van der Waals surface area contributed by atoms with Gasteiger partial charge in [0.1, 0.15) is 21.5 Å². The molecule has 0 N–H and O–H groups in total. The zero-order valence-electron chi connectivity index (χ0n) is 18.1. The lowest BCUT2D eigenvalue weighted by Gasteiger charge is -2.36. The molecule has 1 amide bonds. The van der Waals surface area contributed by atoms with Crippen LogP contribution in [0.25, 0.3) is 11.7 Å². The van der Waals surface area contributed by atoms with E-state index in [0.29, 0.717) is 45.1 Å². The number of rotatable bonds is 4. The average molecular weight is 483 g/mol. The van der Waals surface area contributed by atoms with Crippen LogP contribution in [-0.2, 0) is 16.1 Å². The number of carbonyl (C=O) groups excluding carboxylic acids is 1. The van der Waals surface area contributed by atoms with Crippen LogP contribution < -0.4 is 10.5 Å². The van der Waals surface area contributed by atoms with Crippen molar-refractivity contribution >= 4 is 51.7 Å². The van der Waals surface area contributed by atoms with E-state index < -0.39 is 0 Å². The van der Waals surface area contributed by atoms with E-state index in [1.54, 1.807) is 42.8 Å². The molecule has 10 heteroatoms. The molecule has 8 nitrogen and oxygen atoms in total. The molecule has 0 aromatic carbocycles. The highest BCUT2D eigenvalue weighted by Gasteiger charge is 2.34. The van der Waals surface area contributed by atoms with E-state index in [2.05, 4.69) is 4.90 Å². The molecule has 170 valence electrons. The SMILES string of the molecule is C[C@@H]1CN(c2nc3ccccn3c(=O)c2/C=C2\SC(=S)N(Cc3ccco3)C2=O)C[C@@H](C)O1. The van der Waals surface area contributed by atoms with E-state index in [1.807, 2.05) is 19.9 Å². The highest BCUT2D eigenvalue weighted by atomic mass is 32.2. The van der Waals surface area contributed by atoms with Gasteiger partial charge in [0, 0.05) is 19.3 Å². The fraction of sp³-hybridized carbons (Fsp3) is 0.304. The maximum absolute atomic E-state index is 13.5.